The van der Waals surface area contributed by atoms with Gasteiger partial charge in [-0.15, -0.1) is 0 Å². The highest BCUT2D eigenvalue weighted by molar-refractivity contribution is 7.89. The second kappa shape index (κ2) is 5.03. The third kappa shape index (κ3) is 2.69. The van der Waals surface area contributed by atoms with Crippen LogP contribution in [0.4, 0.5) is 13.2 Å². The molecule has 1 aliphatic rings. The summed E-state index contributed by atoms with van der Waals surface area (Å²) >= 11 is 0. The molecule has 5 nitrogen and oxygen atoms in total. The van der Waals surface area contributed by atoms with Gasteiger partial charge in [0, 0.05) is 18.8 Å². The van der Waals surface area contributed by atoms with Crippen molar-refractivity contribution in [1.82, 2.24) is 14.1 Å². The Morgan fingerprint density at radius 2 is 2.05 bits per heavy atom. The number of rotatable bonds is 3. The highest BCUT2D eigenvalue weighted by Gasteiger charge is 2.50. The van der Waals surface area contributed by atoms with Crippen molar-refractivity contribution in [3.8, 4) is 0 Å². The summed E-state index contributed by atoms with van der Waals surface area (Å²) in [4.78, 5) is -0.192. The lowest BCUT2D eigenvalue weighted by Gasteiger charge is -2.25. The minimum absolute atomic E-state index is 0.0593. The van der Waals surface area contributed by atoms with Gasteiger partial charge >= 0.3 is 6.18 Å². The molecule has 1 atom stereocenters. The Hall–Kier alpha value is -1.09. The number of halogens is 3. The normalized spacial score (nSPS) is 21.8. The minimum atomic E-state index is -4.54. The van der Waals surface area contributed by atoms with E-state index in [2.05, 4.69) is 5.10 Å². The number of sulfonamides is 1. The fourth-order valence-electron chi connectivity index (χ4n) is 2.23. The van der Waals surface area contributed by atoms with Crippen molar-refractivity contribution in [2.24, 2.45) is 0 Å². The maximum absolute atomic E-state index is 12.9. The molecule has 1 aliphatic heterocycles. The molecule has 1 aromatic rings. The van der Waals surface area contributed by atoms with Crippen molar-refractivity contribution < 1.29 is 21.6 Å². The molecule has 0 bridgehead atoms. The predicted molar refractivity (Wildman–Crippen MR) is 65.6 cm³/mol. The first-order valence-corrected chi connectivity index (χ1v) is 7.71. The van der Waals surface area contributed by atoms with Crippen LogP contribution >= 0.6 is 0 Å². The lowest BCUT2D eigenvalue weighted by atomic mass is 10.2. The van der Waals surface area contributed by atoms with Crippen LogP contribution in [0.2, 0.25) is 0 Å². The van der Waals surface area contributed by atoms with E-state index >= 15 is 0 Å². The number of aromatic nitrogens is 2. The molecule has 2 rings (SSSR count). The molecule has 0 radical (unpaired) electrons. The summed E-state index contributed by atoms with van der Waals surface area (Å²) in [6.07, 6.45) is -2.16. The van der Waals surface area contributed by atoms with Gasteiger partial charge in [0.05, 0.1) is 6.20 Å². The lowest BCUT2D eigenvalue weighted by molar-refractivity contribution is -0.165. The summed E-state index contributed by atoms with van der Waals surface area (Å²) in [6.45, 7) is 3.49. The zero-order valence-corrected chi connectivity index (χ0v) is 11.9. The zero-order chi connectivity index (χ0) is 15.1. The molecule has 114 valence electrons. The van der Waals surface area contributed by atoms with E-state index in [1.165, 1.54) is 10.9 Å². The lowest BCUT2D eigenvalue weighted by Crippen LogP contribution is -2.44. The van der Waals surface area contributed by atoms with Gasteiger partial charge in [0.25, 0.3) is 0 Å². The number of hydrogen-bond acceptors (Lipinski definition) is 3. The minimum Gasteiger partial charge on any atom is -0.269 e. The first-order valence-electron chi connectivity index (χ1n) is 6.26. The quantitative estimate of drug-likeness (QED) is 0.860. The molecule has 0 spiro atoms. The van der Waals surface area contributed by atoms with Gasteiger partial charge in [0.1, 0.15) is 10.9 Å². The largest absolute Gasteiger partial charge is 0.405 e. The molecule has 1 aromatic heterocycles. The highest BCUT2D eigenvalue weighted by Crippen LogP contribution is 2.36. The Kier molecular flexibility index (Phi) is 3.85. The van der Waals surface area contributed by atoms with E-state index in [1.54, 1.807) is 13.8 Å². The molecular formula is C11H16F3N3O2S. The van der Waals surface area contributed by atoms with Gasteiger partial charge in [0.15, 0.2) is 0 Å². The van der Waals surface area contributed by atoms with Crippen molar-refractivity contribution in [3.05, 3.63) is 12.4 Å². The summed E-state index contributed by atoms with van der Waals surface area (Å²) in [6, 6.07) is -1.99. The Bertz CT molecular complexity index is 580. The van der Waals surface area contributed by atoms with E-state index < -0.39 is 22.2 Å². The Morgan fingerprint density at radius 3 is 2.55 bits per heavy atom. The number of nitrogens with zero attached hydrogens (tertiary/aromatic N) is 3. The SMILES string of the molecule is CC(C)n1cc(S(=O)(=O)N2CCC[C@H]2C(F)(F)F)cn1. The maximum atomic E-state index is 12.9. The molecular weight excluding hydrogens is 295 g/mol. The summed E-state index contributed by atoms with van der Waals surface area (Å²) in [7, 11) is -4.15. The Morgan fingerprint density at radius 1 is 1.40 bits per heavy atom. The van der Waals surface area contributed by atoms with Gasteiger partial charge < -0.3 is 0 Å². The number of alkyl halides is 3. The Labute approximate surface area is 115 Å². The van der Waals surface area contributed by atoms with Crippen molar-refractivity contribution in [2.75, 3.05) is 6.54 Å². The highest BCUT2D eigenvalue weighted by atomic mass is 32.2. The van der Waals surface area contributed by atoms with Crippen LogP contribution in [0.25, 0.3) is 0 Å². The molecule has 1 fully saturated rings. The van der Waals surface area contributed by atoms with Crippen LogP contribution in [-0.4, -0.2) is 41.3 Å². The molecule has 0 N–H and O–H groups in total. The first-order chi connectivity index (χ1) is 9.14. The molecule has 2 heterocycles. The maximum Gasteiger partial charge on any atom is 0.405 e. The summed E-state index contributed by atoms with van der Waals surface area (Å²) < 4.78 is 65.1. The van der Waals surface area contributed by atoms with E-state index in [-0.39, 0.29) is 30.3 Å². The summed E-state index contributed by atoms with van der Waals surface area (Å²) in [5.74, 6) is 0. The van der Waals surface area contributed by atoms with Crippen LogP contribution in [0.15, 0.2) is 17.3 Å². The van der Waals surface area contributed by atoms with Gasteiger partial charge in [-0.3, -0.25) is 4.68 Å². The van der Waals surface area contributed by atoms with E-state index in [4.69, 9.17) is 0 Å². The monoisotopic (exact) mass is 311 g/mol. The van der Waals surface area contributed by atoms with Crippen LogP contribution in [0.5, 0.6) is 0 Å². The first kappa shape index (κ1) is 15.3. The Balaban J connectivity index is 2.34. The second-order valence-electron chi connectivity index (χ2n) is 5.07. The summed E-state index contributed by atoms with van der Waals surface area (Å²) in [5.41, 5.74) is 0. The second-order valence-corrected chi connectivity index (χ2v) is 6.96. The molecule has 0 aliphatic carbocycles. The van der Waals surface area contributed by atoms with E-state index in [1.807, 2.05) is 0 Å². The standard InChI is InChI=1S/C11H16F3N3O2S/c1-8(2)16-7-9(6-15-16)20(18,19)17-5-3-4-10(17)11(12,13)14/h6-8,10H,3-5H2,1-2H3/t10-/m0/s1. The molecule has 1 saturated heterocycles. The van der Waals surface area contributed by atoms with Gasteiger partial charge in [-0.2, -0.15) is 22.6 Å². The summed E-state index contributed by atoms with van der Waals surface area (Å²) in [5, 5.41) is 3.87. The average Bonchev–Trinajstić information content (AvgIpc) is 2.98. The van der Waals surface area contributed by atoms with Crippen molar-refractivity contribution in [2.45, 2.75) is 49.8 Å². The van der Waals surface area contributed by atoms with Crippen molar-refractivity contribution >= 4 is 10.0 Å². The predicted octanol–water partition coefficient (Wildman–Crippen LogP) is 2.18. The van der Waals surface area contributed by atoms with Crippen LogP contribution in [0.3, 0.4) is 0 Å². The third-order valence-electron chi connectivity index (χ3n) is 3.30. The molecule has 20 heavy (non-hydrogen) atoms. The van der Waals surface area contributed by atoms with Crippen LogP contribution < -0.4 is 0 Å². The zero-order valence-electron chi connectivity index (χ0n) is 11.1. The van der Waals surface area contributed by atoms with Crippen LogP contribution in [0, 0.1) is 0 Å². The van der Waals surface area contributed by atoms with Gasteiger partial charge in [-0.05, 0) is 26.7 Å². The van der Waals surface area contributed by atoms with Crippen molar-refractivity contribution in [3.63, 3.8) is 0 Å². The van der Waals surface area contributed by atoms with Crippen molar-refractivity contribution in [1.29, 1.82) is 0 Å². The molecule has 0 saturated carbocycles. The average molecular weight is 311 g/mol. The van der Waals surface area contributed by atoms with Crippen LogP contribution in [0.1, 0.15) is 32.7 Å². The van der Waals surface area contributed by atoms with Crippen LogP contribution in [-0.2, 0) is 10.0 Å². The smallest absolute Gasteiger partial charge is 0.269 e. The van der Waals surface area contributed by atoms with Gasteiger partial charge in [0.2, 0.25) is 10.0 Å². The molecule has 0 amide bonds. The van der Waals surface area contributed by atoms with Gasteiger partial charge in [-0.1, -0.05) is 0 Å². The molecule has 0 unspecified atom stereocenters. The van der Waals surface area contributed by atoms with E-state index in [9.17, 15) is 21.6 Å². The fraction of sp³-hybridized carbons (Fsp3) is 0.727. The van der Waals surface area contributed by atoms with E-state index in [0.717, 1.165) is 6.20 Å². The third-order valence-corrected chi connectivity index (χ3v) is 5.16. The number of hydrogen-bond donors (Lipinski definition) is 0. The van der Waals surface area contributed by atoms with Gasteiger partial charge in [-0.25, -0.2) is 8.42 Å². The molecule has 9 heteroatoms. The topological polar surface area (TPSA) is 55.2 Å². The van der Waals surface area contributed by atoms with E-state index in [0.29, 0.717) is 4.31 Å². The fourth-order valence-corrected chi connectivity index (χ4v) is 3.85. The molecule has 0 aromatic carbocycles.